The molecule has 0 aliphatic carbocycles. The summed E-state index contributed by atoms with van der Waals surface area (Å²) >= 11 is 0. The third-order valence-electron chi connectivity index (χ3n) is 4.07. The molecule has 25 heavy (non-hydrogen) atoms. The average Bonchev–Trinajstić information content (AvgIpc) is 2.84. The van der Waals surface area contributed by atoms with Crippen LogP contribution in [0, 0.1) is 0 Å². The molecule has 0 saturated carbocycles. The highest BCUT2D eigenvalue weighted by Crippen LogP contribution is 2.16. The zero-order valence-electron chi connectivity index (χ0n) is 14.2. The molecule has 2 rings (SSSR count). The fourth-order valence-electron chi connectivity index (χ4n) is 2.79. The maximum atomic E-state index is 12.3. The van der Waals surface area contributed by atoms with Gasteiger partial charge in [0.15, 0.2) is 6.10 Å². The summed E-state index contributed by atoms with van der Waals surface area (Å²) in [5, 5.41) is 0. The monoisotopic (exact) mass is 355 g/mol. The van der Waals surface area contributed by atoms with Crippen LogP contribution >= 0.6 is 0 Å². The van der Waals surface area contributed by atoms with Gasteiger partial charge >= 0.3 is 12.6 Å². The van der Waals surface area contributed by atoms with Crippen LogP contribution in [0.15, 0.2) is 24.3 Å². The number of carbonyl (C=O) groups excluding carboxylic acids is 2. The quantitative estimate of drug-likeness (QED) is 0.736. The minimum atomic E-state index is -2.89. The predicted octanol–water partition coefficient (Wildman–Crippen LogP) is 3.16. The van der Waals surface area contributed by atoms with Gasteiger partial charge in [-0.2, -0.15) is 8.78 Å². The average molecular weight is 355 g/mol. The van der Waals surface area contributed by atoms with E-state index in [1.165, 1.54) is 24.3 Å². The van der Waals surface area contributed by atoms with E-state index in [4.69, 9.17) is 4.74 Å². The molecule has 1 aromatic rings. The largest absolute Gasteiger partial charge is 0.452 e. The van der Waals surface area contributed by atoms with Crippen LogP contribution in [0.4, 0.5) is 8.78 Å². The molecule has 1 aromatic carbocycles. The molecule has 0 aromatic heterocycles. The number of ether oxygens (including phenoxy) is 2. The molecule has 1 fully saturated rings. The smallest absolute Gasteiger partial charge is 0.387 e. The van der Waals surface area contributed by atoms with Gasteiger partial charge in [-0.1, -0.05) is 25.0 Å². The van der Waals surface area contributed by atoms with E-state index < -0.39 is 18.7 Å². The van der Waals surface area contributed by atoms with Gasteiger partial charge < -0.3 is 14.4 Å². The zero-order valence-corrected chi connectivity index (χ0v) is 14.2. The van der Waals surface area contributed by atoms with Crippen LogP contribution in [-0.2, 0) is 20.7 Å². The molecule has 1 aliphatic heterocycles. The van der Waals surface area contributed by atoms with Crippen LogP contribution in [0.2, 0.25) is 0 Å². The Balaban J connectivity index is 1.83. The Kier molecular flexibility index (Phi) is 7.16. The highest BCUT2D eigenvalue weighted by molar-refractivity contribution is 5.84. The highest BCUT2D eigenvalue weighted by Gasteiger charge is 2.24. The van der Waals surface area contributed by atoms with Crippen LogP contribution < -0.4 is 4.74 Å². The van der Waals surface area contributed by atoms with Crippen molar-refractivity contribution in [2.24, 2.45) is 0 Å². The number of likely N-dealkylation sites (tertiary alicyclic amines) is 1. The summed E-state index contributed by atoms with van der Waals surface area (Å²) in [6.45, 7) is 0.0882. The number of carbonyl (C=O) groups is 2. The van der Waals surface area contributed by atoms with Crippen LogP contribution in [0.3, 0.4) is 0 Å². The number of halogens is 2. The molecule has 0 spiro atoms. The minimum absolute atomic E-state index is 0.0248. The van der Waals surface area contributed by atoms with Crippen LogP contribution in [0.25, 0.3) is 0 Å². The lowest BCUT2D eigenvalue weighted by atomic mass is 10.1. The Hall–Kier alpha value is -2.18. The van der Waals surface area contributed by atoms with E-state index in [1.807, 2.05) is 0 Å². The first-order valence-electron chi connectivity index (χ1n) is 8.47. The normalized spacial score (nSPS) is 16.2. The van der Waals surface area contributed by atoms with E-state index in [0.717, 1.165) is 25.7 Å². The maximum absolute atomic E-state index is 12.3. The molecule has 0 radical (unpaired) electrons. The third-order valence-corrected chi connectivity index (χ3v) is 4.07. The molecule has 1 heterocycles. The molecule has 7 heteroatoms. The Morgan fingerprint density at radius 3 is 2.24 bits per heavy atom. The number of alkyl halides is 2. The molecule has 0 bridgehead atoms. The van der Waals surface area contributed by atoms with Gasteiger partial charge in [0.25, 0.3) is 5.91 Å². The van der Waals surface area contributed by atoms with Crippen molar-refractivity contribution in [1.29, 1.82) is 0 Å². The van der Waals surface area contributed by atoms with E-state index in [0.29, 0.717) is 18.7 Å². The van der Waals surface area contributed by atoms with Gasteiger partial charge in [-0.15, -0.1) is 0 Å². The maximum Gasteiger partial charge on any atom is 0.387 e. The van der Waals surface area contributed by atoms with Crippen molar-refractivity contribution >= 4 is 11.9 Å². The highest BCUT2D eigenvalue weighted by atomic mass is 19.3. The van der Waals surface area contributed by atoms with E-state index in [-0.39, 0.29) is 18.1 Å². The van der Waals surface area contributed by atoms with Gasteiger partial charge in [-0.05, 0) is 37.5 Å². The fourth-order valence-corrected chi connectivity index (χ4v) is 2.79. The summed E-state index contributed by atoms with van der Waals surface area (Å²) in [4.78, 5) is 26.1. The van der Waals surface area contributed by atoms with Crippen molar-refractivity contribution in [2.75, 3.05) is 13.1 Å². The number of benzene rings is 1. The molecule has 1 amide bonds. The second-order valence-electron chi connectivity index (χ2n) is 6.07. The first-order chi connectivity index (χ1) is 12.0. The van der Waals surface area contributed by atoms with Crippen molar-refractivity contribution in [1.82, 2.24) is 4.90 Å². The molecule has 5 nitrogen and oxygen atoms in total. The van der Waals surface area contributed by atoms with E-state index in [2.05, 4.69) is 4.74 Å². The van der Waals surface area contributed by atoms with Crippen LogP contribution in [-0.4, -0.2) is 42.6 Å². The van der Waals surface area contributed by atoms with Gasteiger partial charge in [-0.3, -0.25) is 9.59 Å². The van der Waals surface area contributed by atoms with Crippen molar-refractivity contribution in [3.05, 3.63) is 29.8 Å². The topological polar surface area (TPSA) is 55.8 Å². The van der Waals surface area contributed by atoms with Crippen molar-refractivity contribution in [3.63, 3.8) is 0 Å². The summed E-state index contributed by atoms with van der Waals surface area (Å²) in [5.74, 6) is -0.675. The number of rotatable bonds is 6. The molecule has 0 N–H and O–H groups in total. The van der Waals surface area contributed by atoms with Gasteiger partial charge in [0, 0.05) is 13.1 Å². The molecule has 138 valence electrons. The second-order valence-corrected chi connectivity index (χ2v) is 6.07. The van der Waals surface area contributed by atoms with Crippen LogP contribution in [0.1, 0.15) is 38.2 Å². The fraction of sp³-hybridized carbons (Fsp3) is 0.556. The molecular weight excluding hydrogens is 332 g/mol. The Morgan fingerprint density at radius 1 is 1.08 bits per heavy atom. The lowest BCUT2D eigenvalue weighted by Crippen LogP contribution is -2.40. The van der Waals surface area contributed by atoms with Gasteiger partial charge in [0.2, 0.25) is 0 Å². The Morgan fingerprint density at radius 2 is 1.68 bits per heavy atom. The molecule has 1 aliphatic rings. The SMILES string of the molecule is CC(OC(=O)Cc1ccc(OC(F)F)cc1)C(=O)N1CCCCCC1. The summed E-state index contributed by atoms with van der Waals surface area (Å²) in [6.07, 6.45) is 3.31. The number of hydrogen-bond donors (Lipinski definition) is 0. The van der Waals surface area contributed by atoms with E-state index >= 15 is 0 Å². The number of esters is 1. The second kappa shape index (κ2) is 9.34. The number of hydrogen-bond acceptors (Lipinski definition) is 4. The van der Waals surface area contributed by atoms with Crippen molar-refractivity contribution in [3.8, 4) is 5.75 Å². The Labute approximate surface area is 145 Å². The first kappa shape index (κ1) is 19.1. The number of nitrogens with zero attached hydrogens (tertiary/aromatic N) is 1. The molecular formula is C18H23F2NO4. The molecule has 1 atom stereocenters. The molecule has 1 unspecified atom stereocenters. The summed E-state index contributed by atoms with van der Waals surface area (Å²) in [7, 11) is 0. The Bertz CT molecular complexity index is 569. The lowest BCUT2D eigenvalue weighted by molar-refractivity contribution is -0.158. The third kappa shape index (κ3) is 6.32. The van der Waals surface area contributed by atoms with Gasteiger partial charge in [0.1, 0.15) is 5.75 Å². The van der Waals surface area contributed by atoms with Crippen molar-refractivity contribution < 1.29 is 27.8 Å². The lowest BCUT2D eigenvalue weighted by Gasteiger charge is -2.24. The molecule has 1 saturated heterocycles. The summed E-state index contributed by atoms with van der Waals surface area (Å²) < 4.78 is 33.7. The number of amides is 1. The zero-order chi connectivity index (χ0) is 18.2. The van der Waals surface area contributed by atoms with Gasteiger partial charge in [0.05, 0.1) is 6.42 Å². The predicted molar refractivity (Wildman–Crippen MR) is 87.4 cm³/mol. The van der Waals surface area contributed by atoms with Gasteiger partial charge in [-0.25, -0.2) is 0 Å². The van der Waals surface area contributed by atoms with E-state index in [1.54, 1.807) is 11.8 Å². The summed E-state index contributed by atoms with van der Waals surface area (Å²) in [6, 6.07) is 5.75. The summed E-state index contributed by atoms with van der Waals surface area (Å²) in [5.41, 5.74) is 0.598. The van der Waals surface area contributed by atoms with Crippen molar-refractivity contribution in [2.45, 2.75) is 51.7 Å². The van der Waals surface area contributed by atoms with E-state index in [9.17, 15) is 18.4 Å². The first-order valence-corrected chi connectivity index (χ1v) is 8.47. The standard InChI is InChI=1S/C18H23F2NO4/c1-13(17(23)21-10-4-2-3-5-11-21)24-16(22)12-14-6-8-15(9-7-14)25-18(19)20/h6-9,13,18H,2-5,10-12H2,1H3. The van der Waals surface area contributed by atoms with Crippen LogP contribution in [0.5, 0.6) is 5.75 Å². The minimum Gasteiger partial charge on any atom is -0.452 e.